The molecule has 0 unspecified atom stereocenters. The molecule has 1 aromatic heterocycles. The molecule has 0 aliphatic carbocycles. The van der Waals surface area contributed by atoms with Gasteiger partial charge in [-0.2, -0.15) is 0 Å². The van der Waals surface area contributed by atoms with E-state index < -0.39 is 0 Å². The topological polar surface area (TPSA) is 34.2 Å². The number of halogens is 1. The van der Waals surface area contributed by atoms with Gasteiger partial charge in [-0.05, 0) is 45.9 Å². The molecule has 0 fully saturated rings. The molecule has 0 aliphatic rings. The number of hydrogen-bond donors (Lipinski definition) is 1. The van der Waals surface area contributed by atoms with Gasteiger partial charge >= 0.3 is 0 Å². The fraction of sp³-hybridized carbons (Fsp3) is 0.118. The van der Waals surface area contributed by atoms with Gasteiger partial charge in [0.15, 0.2) is 0 Å². The summed E-state index contributed by atoms with van der Waals surface area (Å²) in [5.41, 5.74) is 1.03. The third-order valence-electron chi connectivity index (χ3n) is 3.25. The summed E-state index contributed by atoms with van der Waals surface area (Å²) < 4.78 is 6.95. The van der Waals surface area contributed by atoms with Crippen LogP contribution in [0.3, 0.4) is 0 Å². The maximum Gasteiger partial charge on any atom is 0.223 e. The highest BCUT2D eigenvalue weighted by molar-refractivity contribution is 9.10. The first-order valence-electron chi connectivity index (χ1n) is 6.73. The number of nitrogens with zero attached hydrogens (tertiary/aromatic N) is 1. The van der Waals surface area contributed by atoms with Gasteiger partial charge in [-0.1, -0.05) is 36.4 Å². The average molecular weight is 343 g/mol. The summed E-state index contributed by atoms with van der Waals surface area (Å²) in [6.07, 6.45) is 1.74. The minimum Gasteiger partial charge on any atom is -0.437 e. The van der Waals surface area contributed by atoms with E-state index in [4.69, 9.17) is 4.74 Å². The van der Waals surface area contributed by atoms with Crippen molar-refractivity contribution in [3.05, 3.63) is 64.8 Å². The van der Waals surface area contributed by atoms with Crippen molar-refractivity contribution in [2.45, 2.75) is 6.54 Å². The second-order valence-electron chi connectivity index (χ2n) is 4.70. The van der Waals surface area contributed by atoms with Gasteiger partial charge in [0.25, 0.3) is 0 Å². The van der Waals surface area contributed by atoms with Crippen LogP contribution in [-0.4, -0.2) is 12.0 Å². The number of fused-ring (bicyclic) bond motifs is 1. The minimum atomic E-state index is 0.628. The number of nitrogens with one attached hydrogen (secondary N) is 1. The molecule has 0 amide bonds. The van der Waals surface area contributed by atoms with Crippen LogP contribution in [0.15, 0.2) is 59.2 Å². The SMILES string of the molecule is CNCc1cccnc1Oc1ccc2ccccc2c1Br. The molecule has 0 saturated carbocycles. The van der Waals surface area contributed by atoms with Crippen molar-refractivity contribution >= 4 is 26.7 Å². The summed E-state index contributed by atoms with van der Waals surface area (Å²) in [6, 6.07) is 16.1. The molecule has 2 aromatic carbocycles. The Morgan fingerprint density at radius 2 is 1.95 bits per heavy atom. The highest BCUT2D eigenvalue weighted by atomic mass is 79.9. The van der Waals surface area contributed by atoms with Gasteiger partial charge in [0.1, 0.15) is 5.75 Å². The van der Waals surface area contributed by atoms with Crippen molar-refractivity contribution in [2.75, 3.05) is 7.05 Å². The van der Waals surface area contributed by atoms with Crippen molar-refractivity contribution in [1.29, 1.82) is 0 Å². The van der Waals surface area contributed by atoms with E-state index in [1.54, 1.807) is 6.20 Å². The summed E-state index contributed by atoms with van der Waals surface area (Å²) >= 11 is 3.63. The van der Waals surface area contributed by atoms with E-state index in [0.717, 1.165) is 21.2 Å². The molecule has 3 nitrogen and oxygen atoms in total. The zero-order valence-electron chi connectivity index (χ0n) is 11.6. The van der Waals surface area contributed by atoms with Gasteiger partial charge in [0.2, 0.25) is 5.88 Å². The lowest BCUT2D eigenvalue weighted by molar-refractivity contribution is 0.452. The maximum atomic E-state index is 6.00. The molecule has 1 heterocycles. The van der Waals surface area contributed by atoms with Crippen molar-refractivity contribution < 1.29 is 4.74 Å². The fourth-order valence-electron chi connectivity index (χ4n) is 2.24. The quantitative estimate of drug-likeness (QED) is 0.757. The second kappa shape index (κ2) is 6.24. The zero-order chi connectivity index (χ0) is 14.7. The monoisotopic (exact) mass is 342 g/mol. The second-order valence-corrected chi connectivity index (χ2v) is 5.49. The van der Waals surface area contributed by atoms with Crippen LogP contribution < -0.4 is 10.1 Å². The van der Waals surface area contributed by atoms with Crippen molar-refractivity contribution in [2.24, 2.45) is 0 Å². The Bertz CT molecular complexity index is 774. The minimum absolute atomic E-state index is 0.628. The molecule has 4 heteroatoms. The number of rotatable bonds is 4. The molecule has 106 valence electrons. The van der Waals surface area contributed by atoms with Crippen LogP contribution in [0.25, 0.3) is 10.8 Å². The molecule has 3 aromatic rings. The van der Waals surface area contributed by atoms with Crippen LogP contribution in [0.4, 0.5) is 0 Å². The van der Waals surface area contributed by atoms with Gasteiger partial charge < -0.3 is 10.1 Å². The molecular weight excluding hydrogens is 328 g/mol. The van der Waals surface area contributed by atoms with Crippen molar-refractivity contribution in [3.63, 3.8) is 0 Å². The Kier molecular flexibility index (Phi) is 4.18. The standard InChI is InChI=1S/C17H15BrN2O/c1-19-11-13-6-4-10-20-17(13)21-15-9-8-12-5-2-3-7-14(12)16(15)18/h2-10,19H,11H2,1H3. The van der Waals surface area contributed by atoms with Crippen molar-refractivity contribution in [3.8, 4) is 11.6 Å². The Morgan fingerprint density at radius 1 is 1.10 bits per heavy atom. The first-order valence-corrected chi connectivity index (χ1v) is 7.52. The fourth-order valence-corrected chi connectivity index (χ4v) is 2.81. The zero-order valence-corrected chi connectivity index (χ0v) is 13.2. The highest BCUT2D eigenvalue weighted by Crippen LogP contribution is 2.35. The Labute approximate surface area is 132 Å². The van der Waals surface area contributed by atoms with E-state index in [1.165, 1.54) is 5.39 Å². The lowest BCUT2D eigenvalue weighted by Crippen LogP contribution is -2.07. The van der Waals surface area contributed by atoms with Crippen LogP contribution in [0.1, 0.15) is 5.56 Å². The third kappa shape index (κ3) is 2.91. The van der Waals surface area contributed by atoms with Crippen LogP contribution >= 0.6 is 15.9 Å². The lowest BCUT2D eigenvalue weighted by atomic mass is 10.1. The number of benzene rings is 2. The Hall–Kier alpha value is -1.91. The molecule has 21 heavy (non-hydrogen) atoms. The number of hydrogen-bond acceptors (Lipinski definition) is 3. The summed E-state index contributed by atoms with van der Waals surface area (Å²) in [6.45, 7) is 0.717. The molecule has 0 aliphatic heterocycles. The van der Waals surface area contributed by atoms with Crippen LogP contribution in [-0.2, 0) is 6.54 Å². The van der Waals surface area contributed by atoms with Crippen LogP contribution in [0.5, 0.6) is 11.6 Å². The molecule has 0 radical (unpaired) electrons. The van der Waals surface area contributed by atoms with Gasteiger partial charge in [-0.15, -0.1) is 0 Å². The Morgan fingerprint density at radius 3 is 2.81 bits per heavy atom. The van der Waals surface area contributed by atoms with Gasteiger partial charge in [0.05, 0.1) is 4.47 Å². The lowest BCUT2D eigenvalue weighted by Gasteiger charge is -2.12. The summed E-state index contributed by atoms with van der Waals surface area (Å²) in [5.74, 6) is 1.40. The van der Waals surface area contributed by atoms with E-state index in [2.05, 4.69) is 44.4 Å². The molecule has 0 bridgehead atoms. The molecule has 0 atom stereocenters. The maximum absolute atomic E-state index is 6.00. The number of pyridine rings is 1. The molecule has 3 rings (SSSR count). The predicted molar refractivity (Wildman–Crippen MR) is 88.7 cm³/mol. The van der Waals surface area contributed by atoms with E-state index in [0.29, 0.717) is 12.4 Å². The largest absolute Gasteiger partial charge is 0.437 e. The number of aromatic nitrogens is 1. The molecule has 0 saturated heterocycles. The van der Waals surface area contributed by atoms with Gasteiger partial charge in [0, 0.05) is 18.3 Å². The van der Waals surface area contributed by atoms with Gasteiger partial charge in [-0.3, -0.25) is 0 Å². The molecule has 0 spiro atoms. The Balaban J connectivity index is 2.00. The van der Waals surface area contributed by atoms with E-state index in [9.17, 15) is 0 Å². The summed E-state index contributed by atoms with van der Waals surface area (Å²) in [4.78, 5) is 4.33. The van der Waals surface area contributed by atoms with Gasteiger partial charge in [-0.25, -0.2) is 4.98 Å². The number of ether oxygens (including phenoxy) is 1. The van der Waals surface area contributed by atoms with Crippen molar-refractivity contribution in [1.82, 2.24) is 10.3 Å². The van der Waals surface area contributed by atoms with Crippen LogP contribution in [0, 0.1) is 0 Å². The van der Waals surface area contributed by atoms with E-state index in [1.807, 2.05) is 37.4 Å². The average Bonchev–Trinajstić information content (AvgIpc) is 2.52. The first kappa shape index (κ1) is 14.0. The smallest absolute Gasteiger partial charge is 0.223 e. The highest BCUT2D eigenvalue weighted by Gasteiger charge is 2.10. The summed E-state index contributed by atoms with van der Waals surface area (Å²) in [7, 11) is 1.91. The van der Waals surface area contributed by atoms with E-state index >= 15 is 0 Å². The third-order valence-corrected chi connectivity index (χ3v) is 4.07. The normalized spacial score (nSPS) is 10.8. The summed E-state index contributed by atoms with van der Waals surface area (Å²) in [5, 5.41) is 5.42. The molecule has 1 N–H and O–H groups in total. The first-order chi connectivity index (χ1) is 10.3. The predicted octanol–water partition coefficient (Wildman–Crippen LogP) is 4.51. The van der Waals surface area contributed by atoms with Crippen LogP contribution in [0.2, 0.25) is 0 Å². The van der Waals surface area contributed by atoms with E-state index in [-0.39, 0.29) is 0 Å². The molecular formula is C17H15BrN2O.